The first kappa shape index (κ1) is 15.0. The van der Waals surface area contributed by atoms with E-state index in [1.807, 2.05) is 30.3 Å². The number of hydrogen-bond acceptors (Lipinski definition) is 3. The van der Waals surface area contributed by atoms with E-state index >= 15 is 0 Å². The Labute approximate surface area is 129 Å². The van der Waals surface area contributed by atoms with Crippen LogP contribution >= 0.6 is 0 Å². The van der Waals surface area contributed by atoms with Crippen molar-refractivity contribution in [3.8, 4) is 5.75 Å². The lowest BCUT2D eigenvalue weighted by Gasteiger charge is -2.37. The Balaban J connectivity index is 1.71. The standard InChI is InChI=1S/C18H19FO3/c19-16-8-6-15(7-9-16)12-18(13-20-10-11-22-18)14-21-17-4-2-1-3-5-17/h1-9H,10-14H2. The van der Waals surface area contributed by atoms with Gasteiger partial charge < -0.3 is 14.2 Å². The summed E-state index contributed by atoms with van der Waals surface area (Å²) in [5.41, 5.74) is 0.468. The van der Waals surface area contributed by atoms with Crippen LogP contribution in [0, 0.1) is 5.82 Å². The summed E-state index contributed by atoms with van der Waals surface area (Å²) in [5, 5.41) is 0. The average Bonchev–Trinajstić information content (AvgIpc) is 2.57. The van der Waals surface area contributed by atoms with Gasteiger partial charge >= 0.3 is 0 Å². The van der Waals surface area contributed by atoms with Crippen molar-refractivity contribution in [3.05, 3.63) is 66.0 Å². The highest BCUT2D eigenvalue weighted by Gasteiger charge is 2.35. The summed E-state index contributed by atoms with van der Waals surface area (Å²) in [6.45, 7) is 2.00. The number of rotatable bonds is 5. The van der Waals surface area contributed by atoms with Gasteiger partial charge in [-0.15, -0.1) is 0 Å². The molecule has 2 aromatic carbocycles. The molecule has 0 spiro atoms. The highest BCUT2D eigenvalue weighted by Crippen LogP contribution is 2.24. The SMILES string of the molecule is Fc1ccc(CC2(COc3ccccc3)COCCO2)cc1. The second-order valence-electron chi connectivity index (χ2n) is 5.49. The third-order valence-corrected chi connectivity index (χ3v) is 3.69. The third kappa shape index (κ3) is 3.84. The molecule has 3 nitrogen and oxygen atoms in total. The third-order valence-electron chi connectivity index (χ3n) is 3.69. The van der Waals surface area contributed by atoms with Crippen LogP contribution in [-0.2, 0) is 15.9 Å². The number of halogens is 1. The van der Waals surface area contributed by atoms with Crippen LogP contribution in [0.3, 0.4) is 0 Å². The van der Waals surface area contributed by atoms with Gasteiger partial charge in [-0.3, -0.25) is 0 Å². The predicted octanol–water partition coefficient (Wildman–Crippen LogP) is 3.23. The van der Waals surface area contributed by atoms with E-state index < -0.39 is 5.60 Å². The molecule has 1 fully saturated rings. The van der Waals surface area contributed by atoms with E-state index in [1.54, 1.807) is 12.1 Å². The highest BCUT2D eigenvalue weighted by atomic mass is 19.1. The molecule has 1 aliphatic heterocycles. The van der Waals surface area contributed by atoms with Gasteiger partial charge in [0.2, 0.25) is 0 Å². The van der Waals surface area contributed by atoms with Gasteiger partial charge in [0.25, 0.3) is 0 Å². The van der Waals surface area contributed by atoms with E-state index in [-0.39, 0.29) is 5.82 Å². The summed E-state index contributed by atoms with van der Waals surface area (Å²) in [7, 11) is 0. The van der Waals surface area contributed by atoms with Crippen LogP contribution in [0.5, 0.6) is 5.75 Å². The van der Waals surface area contributed by atoms with Crippen LogP contribution in [0.2, 0.25) is 0 Å². The zero-order chi connectivity index (χ0) is 15.3. The predicted molar refractivity (Wildman–Crippen MR) is 81.5 cm³/mol. The van der Waals surface area contributed by atoms with Crippen molar-refractivity contribution >= 4 is 0 Å². The zero-order valence-corrected chi connectivity index (χ0v) is 12.3. The van der Waals surface area contributed by atoms with Crippen molar-refractivity contribution in [2.75, 3.05) is 26.4 Å². The molecule has 0 bridgehead atoms. The normalized spacial score (nSPS) is 21.5. The van der Waals surface area contributed by atoms with Gasteiger partial charge in [0.05, 0.1) is 19.8 Å². The van der Waals surface area contributed by atoms with E-state index in [4.69, 9.17) is 14.2 Å². The Bertz CT molecular complexity index is 577. The summed E-state index contributed by atoms with van der Waals surface area (Å²) >= 11 is 0. The van der Waals surface area contributed by atoms with Crippen molar-refractivity contribution in [1.82, 2.24) is 0 Å². The number of para-hydroxylation sites is 1. The molecule has 0 amide bonds. The van der Waals surface area contributed by atoms with Crippen LogP contribution in [0.1, 0.15) is 5.56 Å². The fourth-order valence-electron chi connectivity index (χ4n) is 2.56. The van der Waals surface area contributed by atoms with Crippen LogP contribution in [0.25, 0.3) is 0 Å². The van der Waals surface area contributed by atoms with E-state index in [9.17, 15) is 4.39 Å². The maximum atomic E-state index is 13.0. The molecule has 0 saturated carbocycles. The minimum atomic E-state index is -0.536. The minimum Gasteiger partial charge on any atom is -0.490 e. The van der Waals surface area contributed by atoms with Crippen molar-refractivity contribution in [2.45, 2.75) is 12.0 Å². The second-order valence-corrected chi connectivity index (χ2v) is 5.49. The van der Waals surface area contributed by atoms with Gasteiger partial charge in [-0.2, -0.15) is 0 Å². The highest BCUT2D eigenvalue weighted by molar-refractivity contribution is 5.22. The number of benzene rings is 2. The van der Waals surface area contributed by atoms with Gasteiger partial charge in [-0.05, 0) is 29.8 Å². The molecular weight excluding hydrogens is 283 g/mol. The summed E-state index contributed by atoms with van der Waals surface area (Å²) < 4.78 is 30.5. The second kappa shape index (κ2) is 6.90. The molecule has 0 radical (unpaired) electrons. The van der Waals surface area contributed by atoms with Crippen LogP contribution in [0.15, 0.2) is 54.6 Å². The summed E-state index contributed by atoms with van der Waals surface area (Å²) in [6, 6.07) is 16.1. The van der Waals surface area contributed by atoms with E-state index in [2.05, 4.69) is 0 Å². The molecule has 4 heteroatoms. The van der Waals surface area contributed by atoms with Crippen molar-refractivity contribution in [3.63, 3.8) is 0 Å². The molecule has 1 saturated heterocycles. The van der Waals surface area contributed by atoms with Gasteiger partial charge in [-0.25, -0.2) is 4.39 Å². The molecule has 0 aliphatic carbocycles. The van der Waals surface area contributed by atoms with Gasteiger partial charge in [0.1, 0.15) is 23.8 Å². The largest absolute Gasteiger partial charge is 0.490 e. The Morgan fingerprint density at radius 1 is 1.00 bits per heavy atom. The van der Waals surface area contributed by atoms with Crippen LogP contribution in [0.4, 0.5) is 4.39 Å². The molecule has 3 rings (SSSR count). The quantitative estimate of drug-likeness (QED) is 0.848. The molecule has 1 unspecified atom stereocenters. The fourth-order valence-corrected chi connectivity index (χ4v) is 2.56. The van der Waals surface area contributed by atoms with Crippen LogP contribution < -0.4 is 4.74 Å². The first-order valence-corrected chi connectivity index (χ1v) is 7.40. The first-order valence-electron chi connectivity index (χ1n) is 7.40. The van der Waals surface area contributed by atoms with E-state index in [1.165, 1.54) is 12.1 Å². The molecule has 1 heterocycles. The maximum Gasteiger partial charge on any atom is 0.129 e. The molecule has 0 N–H and O–H groups in total. The number of ether oxygens (including phenoxy) is 3. The Morgan fingerprint density at radius 2 is 1.77 bits per heavy atom. The monoisotopic (exact) mass is 302 g/mol. The van der Waals surface area contributed by atoms with Gasteiger partial charge in [0.15, 0.2) is 0 Å². The van der Waals surface area contributed by atoms with Gasteiger partial charge in [0, 0.05) is 6.42 Å². The summed E-state index contributed by atoms with van der Waals surface area (Å²) in [5.74, 6) is 0.564. The molecule has 0 aromatic heterocycles. The molecule has 2 aromatic rings. The zero-order valence-electron chi connectivity index (χ0n) is 12.3. The van der Waals surface area contributed by atoms with Gasteiger partial charge in [-0.1, -0.05) is 30.3 Å². The van der Waals surface area contributed by atoms with Crippen molar-refractivity contribution in [1.29, 1.82) is 0 Å². The smallest absolute Gasteiger partial charge is 0.129 e. The lowest BCUT2D eigenvalue weighted by molar-refractivity contribution is -0.170. The molecule has 1 atom stereocenters. The minimum absolute atomic E-state index is 0.237. The van der Waals surface area contributed by atoms with E-state index in [0.717, 1.165) is 11.3 Å². The van der Waals surface area contributed by atoms with Crippen molar-refractivity contribution < 1.29 is 18.6 Å². The first-order chi connectivity index (χ1) is 10.8. The fraction of sp³-hybridized carbons (Fsp3) is 0.333. The van der Waals surface area contributed by atoms with E-state index in [0.29, 0.717) is 32.8 Å². The molecule has 1 aliphatic rings. The topological polar surface area (TPSA) is 27.7 Å². The maximum absolute atomic E-state index is 13.0. The molecule has 22 heavy (non-hydrogen) atoms. The summed E-state index contributed by atoms with van der Waals surface area (Å²) in [4.78, 5) is 0. The lowest BCUT2D eigenvalue weighted by atomic mass is 9.95. The van der Waals surface area contributed by atoms with Crippen LogP contribution in [-0.4, -0.2) is 32.0 Å². The average molecular weight is 302 g/mol. The summed E-state index contributed by atoms with van der Waals surface area (Å²) in [6.07, 6.45) is 0.625. The van der Waals surface area contributed by atoms with Crippen molar-refractivity contribution in [2.24, 2.45) is 0 Å². The Morgan fingerprint density at radius 3 is 2.45 bits per heavy atom. The Hall–Kier alpha value is -1.91. The molecule has 116 valence electrons. The number of hydrogen-bond donors (Lipinski definition) is 0. The lowest BCUT2D eigenvalue weighted by Crippen LogP contribution is -2.49. The Kier molecular flexibility index (Phi) is 4.71. The molecular formula is C18H19FO3.